The summed E-state index contributed by atoms with van der Waals surface area (Å²) in [5, 5.41) is 8.61. The van der Waals surface area contributed by atoms with Gasteiger partial charge in [0.25, 0.3) is 5.22 Å². The van der Waals surface area contributed by atoms with E-state index < -0.39 is 0 Å². The van der Waals surface area contributed by atoms with Crippen molar-refractivity contribution >= 4 is 17.7 Å². The Kier molecular flexibility index (Phi) is 5.23. The highest BCUT2D eigenvalue weighted by molar-refractivity contribution is 7.99. The number of benzene rings is 1. The van der Waals surface area contributed by atoms with E-state index in [1.54, 1.807) is 0 Å². The summed E-state index contributed by atoms with van der Waals surface area (Å²) in [6.07, 6.45) is 3.36. The fraction of sp³-hybridized carbons (Fsp3) is 0.500. The molecule has 0 bridgehead atoms. The van der Waals surface area contributed by atoms with Gasteiger partial charge in [0.2, 0.25) is 11.8 Å². The molecule has 2 atom stereocenters. The van der Waals surface area contributed by atoms with E-state index in [-0.39, 0.29) is 5.91 Å². The number of carbonyl (C=O) groups is 1. The van der Waals surface area contributed by atoms with Crippen LogP contribution < -0.4 is 0 Å². The molecule has 6 heteroatoms. The van der Waals surface area contributed by atoms with Crippen LogP contribution in [-0.4, -0.2) is 38.8 Å². The van der Waals surface area contributed by atoms with Crippen molar-refractivity contribution in [3.05, 3.63) is 29.8 Å². The van der Waals surface area contributed by atoms with Gasteiger partial charge < -0.3 is 9.32 Å². The average Bonchev–Trinajstić information content (AvgIpc) is 3.02. The number of piperidine rings is 1. The SMILES string of the molecule is Cc1ccccc1-c1nnc(SCC(=O)N2[C@H](C)CCC[C@H]2C)o1. The van der Waals surface area contributed by atoms with Crippen molar-refractivity contribution in [2.75, 3.05) is 5.75 Å². The van der Waals surface area contributed by atoms with Crippen LogP contribution in [0.4, 0.5) is 0 Å². The summed E-state index contributed by atoms with van der Waals surface area (Å²) < 4.78 is 5.71. The second-order valence-electron chi connectivity index (χ2n) is 6.41. The molecule has 5 nitrogen and oxygen atoms in total. The molecule has 128 valence electrons. The van der Waals surface area contributed by atoms with E-state index in [2.05, 4.69) is 24.0 Å². The smallest absolute Gasteiger partial charge is 0.277 e. The van der Waals surface area contributed by atoms with Crippen LogP contribution in [0.1, 0.15) is 38.7 Å². The van der Waals surface area contributed by atoms with Gasteiger partial charge in [0.1, 0.15) is 0 Å². The maximum absolute atomic E-state index is 12.5. The minimum Gasteiger partial charge on any atom is -0.411 e. The number of aromatic nitrogens is 2. The minimum atomic E-state index is 0.148. The third-order valence-electron chi connectivity index (χ3n) is 4.58. The normalized spacial score (nSPS) is 21.0. The van der Waals surface area contributed by atoms with Gasteiger partial charge in [-0.2, -0.15) is 0 Å². The van der Waals surface area contributed by atoms with E-state index in [0.717, 1.165) is 24.0 Å². The molecule has 1 saturated heterocycles. The standard InChI is InChI=1S/C18H23N3O2S/c1-12-7-4-5-10-15(12)17-19-20-18(23-17)24-11-16(22)21-13(2)8-6-9-14(21)3/h4-5,7,10,13-14H,6,8-9,11H2,1-3H3/t13-,14-/m1/s1. The van der Waals surface area contributed by atoms with Gasteiger partial charge in [-0.3, -0.25) is 4.79 Å². The van der Waals surface area contributed by atoms with Crippen LogP contribution in [0.2, 0.25) is 0 Å². The first-order valence-corrected chi connectivity index (χ1v) is 9.38. The molecule has 0 aliphatic carbocycles. The predicted molar refractivity (Wildman–Crippen MR) is 94.8 cm³/mol. The number of likely N-dealkylation sites (tertiary alicyclic amines) is 1. The molecule has 0 N–H and O–H groups in total. The molecule has 0 unspecified atom stereocenters. The highest BCUT2D eigenvalue weighted by atomic mass is 32.2. The molecule has 1 aliphatic rings. The third kappa shape index (κ3) is 3.64. The Hall–Kier alpha value is -1.82. The van der Waals surface area contributed by atoms with Crippen LogP contribution in [0.5, 0.6) is 0 Å². The number of hydrogen-bond donors (Lipinski definition) is 0. The largest absolute Gasteiger partial charge is 0.411 e. The molecule has 1 fully saturated rings. The Morgan fingerprint density at radius 3 is 2.67 bits per heavy atom. The number of hydrogen-bond acceptors (Lipinski definition) is 5. The van der Waals surface area contributed by atoms with Crippen LogP contribution in [-0.2, 0) is 4.79 Å². The van der Waals surface area contributed by atoms with Gasteiger partial charge in [-0.15, -0.1) is 10.2 Å². The molecule has 2 heterocycles. The molecule has 0 spiro atoms. The molecule has 0 saturated carbocycles. The van der Waals surface area contributed by atoms with Gasteiger partial charge in [-0.05, 0) is 51.7 Å². The van der Waals surface area contributed by atoms with Crippen LogP contribution >= 0.6 is 11.8 Å². The zero-order valence-corrected chi connectivity index (χ0v) is 15.2. The van der Waals surface area contributed by atoms with Crippen molar-refractivity contribution < 1.29 is 9.21 Å². The number of nitrogens with zero attached hydrogens (tertiary/aromatic N) is 3. The second-order valence-corrected chi connectivity index (χ2v) is 7.33. The Morgan fingerprint density at radius 2 is 1.96 bits per heavy atom. The maximum atomic E-state index is 12.5. The first kappa shape index (κ1) is 17.0. The van der Waals surface area contributed by atoms with Gasteiger partial charge in [0, 0.05) is 17.6 Å². The molecular weight excluding hydrogens is 322 g/mol. The predicted octanol–water partition coefficient (Wildman–Crippen LogP) is 3.93. The minimum absolute atomic E-state index is 0.148. The average molecular weight is 345 g/mol. The summed E-state index contributed by atoms with van der Waals surface area (Å²) >= 11 is 1.32. The molecular formula is C18H23N3O2S. The summed E-state index contributed by atoms with van der Waals surface area (Å²) in [5.41, 5.74) is 2.02. The summed E-state index contributed by atoms with van der Waals surface area (Å²) in [6, 6.07) is 8.51. The summed E-state index contributed by atoms with van der Waals surface area (Å²) in [4.78, 5) is 14.5. The Bertz CT molecular complexity index is 706. The third-order valence-corrected chi connectivity index (χ3v) is 5.39. The summed E-state index contributed by atoms with van der Waals surface area (Å²) in [6.45, 7) is 6.26. The Morgan fingerprint density at radius 1 is 1.25 bits per heavy atom. The first-order chi connectivity index (χ1) is 11.6. The van der Waals surface area contributed by atoms with E-state index in [1.807, 2.05) is 36.1 Å². The van der Waals surface area contributed by atoms with Crippen molar-refractivity contribution in [2.24, 2.45) is 0 Å². The number of amides is 1. The number of rotatable bonds is 4. The van der Waals surface area contributed by atoms with Crippen LogP contribution in [0.15, 0.2) is 33.9 Å². The van der Waals surface area contributed by atoms with E-state index >= 15 is 0 Å². The zero-order valence-electron chi connectivity index (χ0n) is 14.4. The van der Waals surface area contributed by atoms with Crippen molar-refractivity contribution in [1.82, 2.24) is 15.1 Å². The fourth-order valence-corrected chi connectivity index (χ4v) is 3.93. The Labute approximate surface area is 146 Å². The number of aryl methyl sites for hydroxylation is 1. The lowest BCUT2D eigenvalue weighted by atomic mass is 9.98. The first-order valence-electron chi connectivity index (χ1n) is 8.39. The molecule has 1 aliphatic heterocycles. The monoisotopic (exact) mass is 345 g/mol. The lowest BCUT2D eigenvalue weighted by Crippen LogP contribution is -2.48. The number of carbonyl (C=O) groups excluding carboxylic acids is 1. The van der Waals surface area contributed by atoms with Crippen molar-refractivity contribution in [3.63, 3.8) is 0 Å². The number of thioether (sulfide) groups is 1. The highest BCUT2D eigenvalue weighted by Crippen LogP contribution is 2.27. The van der Waals surface area contributed by atoms with Gasteiger partial charge in [-0.1, -0.05) is 30.0 Å². The van der Waals surface area contributed by atoms with Gasteiger partial charge in [0.15, 0.2) is 0 Å². The molecule has 2 aromatic rings. The zero-order chi connectivity index (χ0) is 17.1. The molecule has 3 rings (SSSR count). The molecule has 0 radical (unpaired) electrons. The quantitative estimate of drug-likeness (QED) is 0.786. The lowest BCUT2D eigenvalue weighted by Gasteiger charge is -2.39. The highest BCUT2D eigenvalue weighted by Gasteiger charge is 2.29. The van der Waals surface area contributed by atoms with E-state index in [4.69, 9.17) is 4.42 Å². The summed E-state index contributed by atoms with van der Waals surface area (Å²) in [7, 11) is 0. The van der Waals surface area contributed by atoms with Crippen LogP contribution in [0, 0.1) is 6.92 Å². The topological polar surface area (TPSA) is 59.2 Å². The lowest BCUT2D eigenvalue weighted by molar-refractivity contribution is -0.134. The van der Waals surface area contributed by atoms with Gasteiger partial charge >= 0.3 is 0 Å². The van der Waals surface area contributed by atoms with Crippen molar-refractivity contribution in [1.29, 1.82) is 0 Å². The Balaban J connectivity index is 1.63. The van der Waals surface area contributed by atoms with Gasteiger partial charge in [-0.25, -0.2) is 0 Å². The second kappa shape index (κ2) is 7.38. The van der Waals surface area contributed by atoms with Crippen LogP contribution in [0.25, 0.3) is 11.5 Å². The van der Waals surface area contributed by atoms with Crippen molar-refractivity contribution in [2.45, 2.75) is 57.3 Å². The van der Waals surface area contributed by atoms with E-state index in [9.17, 15) is 4.79 Å². The van der Waals surface area contributed by atoms with Gasteiger partial charge in [0.05, 0.1) is 5.75 Å². The molecule has 1 aromatic heterocycles. The van der Waals surface area contributed by atoms with E-state index in [1.165, 1.54) is 18.2 Å². The molecule has 24 heavy (non-hydrogen) atoms. The molecule has 1 aromatic carbocycles. The van der Waals surface area contributed by atoms with Crippen molar-refractivity contribution in [3.8, 4) is 11.5 Å². The van der Waals surface area contributed by atoms with E-state index in [0.29, 0.717) is 29.0 Å². The maximum Gasteiger partial charge on any atom is 0.277 e. The molecule has 1 amide bonds. The fourth-order valence-electron chi connectivity index (χ4n) is 3.30. The summed E-state index contributed by atoms with van der Waals surface area (Å²) in [5.74, 6) is 0.988. The van der Waals surface area contributed by atoms with Crippen LogP contribution in [0.3, 0.4) is 0 Å².